The molecular formula is C8H14N2O2. The monoisotopic (exact) mass is 170 g/mol. The largest absolute Gasteiger partial charge is 0.465 e. The predicted molar refractivity (Wildman–Crippen MR) is 43.8 cm³/mol. The van der Waals surface area contributed by atoms with Gasteiger partial charge in [-0.15, -0.1) is 0 Å². The lowest BCUT2D eigenvalue weighted by Gasteiger charge is -2.14. The minimum absolute atomic E-state index is 0.236. The van der Waals surface area contributed by atoms with Gasteiger partial charge < -0.3 is 15.7 Å². The number of nitrogens with two attached hydrogens (primary N) is 1. The number of hydrogen-bond donors (Lipinski definition) is 2. The minimum Gasteiger partial charge on any atom is -0.465 e. The molecular weight excluding hydrogens is 156 g/mol. The topological polar surface area (TPSA) is 66.6 Å². The Morgan fingerprint density at radius 3 is 2.75 bits per heavy atom. The summed E-state index contributed by atoms with van der Waals surface area (Å²) in [5, 5.41) is 8.74. The molecule has 1 saturated heterocycles. The van der Waals surface area contributed by atoms with Crippen molar-refractivity contribution in [1.82, 2.24) is 4.90 Å². The van der Waals surface area contributed by atoms with E-state index in [0.717, 1.165) is 12.8 Å². The summed E-state index contributed by atoms with van der Waals surface area (Å²) in [5.41, 5.74) is 5.86. The van der Waals surface area contributed by atoms with Crippen LogP contribution in [0.25, 0.3) is 0 Å². The van der Waals surface area contributed by atoms with E-state index in [9.17, 15) is 4.79 Å². The number of nitrogens with zero attached hydrogens (tertiary/aromatic N) is 1. The Labute approximate surface area is 71.3 Å². The molecule has 12 heavy (non-hydrogen) atoms. The maximum absolute atomic E-state index is 10.6. The van der Waals surface area contributed by atoms with E-state index < -0.39 is 6.09 Å². The van der Waals surface area contributed by atoms with E-state index in [1.807, 2.05) is 0 Å². The van der Waals surface area contributed by atoms with Crippen LogP contribution in [0.4, 0.5) is 4.79 Å². The fraction of sp³-hybridized carbons (Fsp3) is 0.875. The zero-order valence-corrected chi connectivity index (χ0v) is 6.94. The Morgan fingerprint density at radius 2 is 2.17 bits per heavy atom. The lowest BCUT2D eigenvalue weighted by Crippen LogP contribution is -2.32. The molecule has 0 radical (unpaired) electrons. The van der Waals surface area contributed by atoms with Crippen LogP contribution in [0.1, 0.15) is 12.8 Å². The first-order valence-electron chi connectivity index (χ1n) is 4.42. The van der Waals surface area contributed by atoms with Crippen molar-refractivity contribution in [2.45, 2.75) is 18.9 Å². The summed E-state index contributed by atoms with van der Waals surface area (Å²) >= 11 is 0. The molecule has 2 aliphatic rings. The predicted octanol–water partition coefficient (Wildman–Crippen LogP) is 0.334. The molecule has 3 N–H and O–H groups in total. The van der Waals surface area contributed by atoms with Crippen LogP contribution in [-0.4, -0.2) is 35.2 Å². The standard InChI is InChI=1S/C8H14N2O2/c9-7-2-1-5-3-10(8(11)12)4-6(5)7/h5-7H,1-4,9H2,(H,11,12)/t5-,6+,7+/m1/s1. The van der Waals surface area contributed by atoms with Crippen LogP contribution in [0.5, 0.6) is 0 Å². The van der Waals surface area contributed by atoms with Gasteiger partial charge in [0.15, 0.2) is 0 Å². The zero-order chi connectivity index (χ0) is 8.72. The number of fused-ring (bicyclic) bond motifs is 1. The van der Waals surface area contributed by atoms with Crippen LogP contribution in [0.2, 0.25) is 0 Å². The van der Waals surface area contributed by atoms with Gasteiger partial charge >= 0.3 is 6.09 Å². The van der Waals surface area contributed by atoms with Crippen molar-refractivity contribution in [3.05, 3.63) is 0 Å². The van der Waals surface area contributed by atoms with E-state index in [1.165, 1.54) is 4.90 Å². The Kier molecular flexibility index (Phi) is 1.72. The van der Waals surface area contributed by atoms with Crippen molar-refractivity contribution in [3.63, 3.8) is 0 Å². The smallest absolute Gasteiger partial charge is 0.407 e. The van der Waals surface area contributed by atoms with Gasteiger partial charge in [-0.25, -0.2) is 4.79 Å². The van der Waals surface area contributed by atoms with Crippen molar-refractivity contribution in [2.75, 3.05) is 13.1 Å². The molecule has 1 aliphatic carbocycles. The second-order valence-corrected chi connectivity index (χ2v) is 3.85. The lowest BCUT2D eigenvalue weighted by molar-refractivity contribution is 0.152. The first kappa shape index (κ1) is 7.86. The normalized spacial score (nSPS) is 40.1. The summed E-state index contributed by atoms with van der Waals surface area (Å²) in [7, 11) is 0. The molecule has 0 unspecified atom stereocenters. The quantitative estimate of drug-likeness (QED) is 0.550. The summed E-state index contributed by atoms with van der Waals surface area (Å²) < 4.78 is 0. The average molecular weight is 170 g/mol. The maximum Gasteiger partial charge on any atom is 0.407 e. The summed E-state index contributed by atoms with van der Waals surface area (Å²) in [5.74, 6) is 0.970. The molecule has 1 aliphatic heterocycles. The SMILES string of the molecule is N[C@H]1CC[C@@H]2CN(C(=O)O)C[C@@H]21. The van der Waals surface area contributed by atoms with Gasteiger partial charge in [0.2, 0.25) is 0 Å². The van der Waals surface area contributed by atoms with E-state index >= 15 is 0 Å². The number of hydrogen-bond acceptors (Lipinski definition) is 2. The third-order valence-electron chi connectivity index (χ3n) is 3.18. The molecule has 1 amide bonds. The molecule has 2 rings (SSSR count). The van der Waals surface area contributed by atoms with Crippen LogP contribution >= 0.6 is 0 Å². The summed E-state index contributed by atoms with van der Waals surface area (Å²) in [6.07, 6.45) is 1.38. The highest BCUT2D eigenvalue weighted by Gasteiger charge is 2.42. The molecule has 0 bridgehead atoms. The van der Waals surface area contributed by atoms with Crippen LogP contribution < -0.4 is 5.73 Å². The summed E-state index contributed by atoms with van der Waals surface area (Å²) in [6.45, 7) is 1.36. The highest BCUT2D eigenvalue weighted by atomic mass is 16.4. The first-order valence-corrected chi connectivity index (χ1v) is 4.42. The molecule has 4 nitrogen and oxygen atoms in total. The van der Waals surface area contributed by atoms with Crippen LogP contribution in [0.3, 0.4) is 0 Å². The van der Waals surface area contributed by atoms with E-state index in [2.05, 4.69) is 0 Å². The van der Waals surface area contributed by atoms with E-state index in [1.54, 1.807) is 0 Å². The Morgan fingerprint density at radius 1 is 1.42 bits per heavy atom. The fourth-order valence-corrected chi connectivity index (χ4v) is 2.46. The van der Waals surface area contributed by atoms with Crippen molar-refractivity contribution in [3.8, 4) is 0 Å². The van der Waals surface area contributed by atoms with Crippen molar-refractivity contribution in [1.29, 1.82) is 0 Å². The molecule has 0 aromatic heterocycles. The van der Waals surface area contributed by atoms with Gasteiger partial charge in [-0.3, -0.25) is 0 Å². The van der Waals surface area contributed by atoms with Gasteiger partial charge in [0.25, 0.3) is 0 Å². The third-order valence-corrected chi connectivity index (χ3v) is 3.18. The number of carboxylic acid groups (broad SMARTS) is 1. The van der Waals surface area contributed by atoms with Gasteiger partial charge in [-0.05, 0) is 24.7 Å². The Hall–Kier alpha value is -0.770. The van der Waals surface area contributed by atoms with Gasteiger partial charge in [-0.2, -0.15) is 0 Å². The molecule has 2 fully saturated rings. The zero-order valence-electron chi connectivity index (χ0n) is 6.94. The van der Waals surface area contributed by atoms with E-state index in [0.29, 0.717) is 24.9 Å². The number of carbonyl (C=O) groups is 1. The fourth-order valence-electron chi connectivity index (χ4n) is 2.46. The molecule has 4 heteroatoms. The molecule has 1 heterocycles. The highest BCUT2D eigenvalue weighted by Crippen LogP contribution is 2.36. The average Bonchev–Trinajstić information content (AvgIpc) is 2.53. The van der Waals surface area contributed by atoms with Crippen molar-refractivity contribution >= 4 is 6.09 Å². The van der Waals surface area contributed by atoms with Crippen LogP contribution in [-0.2, 0) is 0 Å². The van der Waals surface area contributed by atoms with Crippen LogP contribution in [0, 0.1) is 11.8 Å². The Bertz CT molecular complexity index is 207. The van der Waals surface area contributed by atoms with Gasteiger partial charge in [-0.1, -0.05) is 0 Å². The van der Waals surface area contributed by atoms with Gasteiger partial charge in [0.05, 0.1) is 0 Å². The molecule has 0 aromatic carbocycles. The summed E-state index contributed by atoms with van der Waals surface area (Å²) in [4.78, 5) is 12.1. The molecule has 1 saturated carbocycles. The summed E-state index contributed by atoms with van der Waals surface area (Å²) in [6, 6.07) is 0.236. The molecule has 68 valence electrons. The van der Waals surface area contributed by atoms with Crippen molar-refractivity contribution < 1.29 is 9.90 Å². The van der Waals surface area contributed by atoms with Gasteiger partial charge in [0, 0.05) is 19.1 Å². The second-order valence-electron chi connectivity index (χ2n) is 3.85. The number of rotatable bonds is 0. The van der Waals surface area contributed by atoms with Crippen molar-refractivity contribution in [2.24, 2.45) is 17.6 Å². The highest BCUT2D eigenvalue weighted by molar-refractivity contribution is 5.65. The molecule has 0 aromatic rings. The van der Waals surface area contributed by atoms with E-state index in [4.69, 9.17) is 10.8 Å². The third kappa shape index (κ3) is 1.06. The van der Waals surface area contributed by atoms with Gasteiger partial charge in [0.1, 0.15) is 0 Å². The van der Waals surface area contributed by atoms with Crippen LogP contribution in [0.15, 0.2) is 0 Å². The second kappa shape index (κ2) is 2.62. The first-order chi connectivity index (χ1) is 5.68. The number of likely N-dealkylation sites (tertiary alicyclic amines) is 1. The maximum atomic E-state index is 10.6. The van der Waals surface area contributed by atoms with E-state index in [-0.39, 0.29) is 6.04 Å². The molecule has 0 spiro atoms. The minimum atomic E-state index is -0.795. The molecule has 3 atom stereocenters. The lowest BCUT2D eigenvalue weighted by atomic mass is 9.98. The Balaban J connectivity index is 2.03. The number of amides is 1.